The quantitative estimate of drug-likeness (QED) is 0.787. The summed E-state index contributed by atoms with van der Waals surface area (Å²) >= 11 is 1.59. The molecule has 0 N–H and O–H groups in total. The maximum atomic E-state index is 12.4. The fourth-order valence-corrected chi connectivity index (χ4v) is 2.46. The second-order valence-corrected chi connectivity index (χ2v) is 5.27. The SMILES string of the molecule is C=CCN(Cc1cccs1)C(=O)c1ccc(=O)n(C)n1. The molecule has 0 fully saturated rings. The molecule has 5 nitrogen and oxygen atoms in total. The summed E-state index contributed by atoms with van der Waals surface area (Å²) in [7, 11) is 1.52. The Kier molecular flexibility index (Phi) is 4.47. The molecule has 0 saturated carbocycles. The van der Waals surface area contributed by atoms with Crippen molar-refractivity contribution in [3.05, 3.63) is 63.2 Å². The van der Waals surface area contributed by atoms with Gasteiger partial charge in [0.05, 0.1) is 6.54 Å². The van der Waals surface area contributed by atoms with E-state index in [-0.39, 0.29) is 17.2 Å². The molecule has 20 heavy (non-hydrogen) atoms. The van der Waals surface area contributed by atoms with Crippen molar-refractivity contribution in [2.75, 3.05) is 6.54 Å². The fourth-order valence-electron chi connectivity index (χ4n) is 1.74. The summed E-state index contributed by atoms with van der Waals surface area (Å²) in [5, 5.41) is 5.96. The lowest BCUT2D eigenvalue weighted by Gasteiger charge is -2.20. The molecule has 2 aromatic heterocycles. The van der Waals surface area contributed by atoms with Crippen LogP contribution in [0.25, 0.3) is 0 Å². The molecule has 2 heterocycles. The third-order valence-electron chi connectivity index (χ3n) is 2.74. The molecule has 0 spiro atoms. The van der Waals surface area contributed by atoms with E-state index in [4.69, 9.17) is 0 Å². The maximum absolute atomic E-state index is 12.4. The first kappa shape index (κ1) is 14.2. The molecule has 0 aromatic carbocycles. The van der Waals surface area contributed by atoms with Crippen molar-refractivity contribution in [2.45, 2.75) is 6.54 Å². The number of carbonyl (C=O) groups excluding carboxylic acids is 1. The van der Waals surface area contributed by atoms with Crippen LogP contribution in [0.5, 0.6) is 0 Å². The van der Waals surface area contributed by atoms with Gasteiger partial charge in [-0.1, -0.05) is 12.1 Å². The van der Waals surface area contributed by atoms with Crippen LogP contribution in [0.3, 0.4) is 0 Å². The minimum absolute atomic E-state index is 0.214. The van der Waals surface area contributed by atoms with Crippen LogP contribution in [0.1, 0.15) is 15.4 Å². The van der Waals surface area contributed by atoms with E-state index in [0.717, 1.165) is 9.56 Å². The minimum Gasteiger partial charge on any atom is -0.328 e. The average Bonchev–Trinajstić information content (AvgIpc) is 2.93. The number of rotatable bonds is 5. The van der Waals surface area contributed by atoms with Gasteiger partial charge in [-0.15, -0.1) is 17.9 Å². The third-order valence-corrected chi connectivity index (χ3v) is 3.60. The van der Waals surface area contributed by atoms with Gasteiger partial charge >= 0.3 is 0 Å². The molecule has 2 aromatic rings. The Balaban J connectivity index is 2.23. The van der Waals surface area contributed by atoms with Crippen LogP contribution < -0.4 is 5.56 Å². The average molecular weight is 289 g/mol. The Hall–Kier alpha value is -2.21. The molecule has 1 amide bonds. The van der Waals surface area contributed by atoms with Crippen LogP contribution in [0.2, 0.25) is 0 Å². The number of aromatic nitrogens is 2. The van der Waals surface area contributed by atoms with Gasteiger partial charge in [0.15, 0.2) is 0 Å². The van der Waals surface area contributed by atoms with Crippen molar-refractivity contribution in [2.24, 2.45) is 7.05 Å². The number of hydrogen-bond acceptors (Lipinski definition) is 4. The first-order chi connectivity index (χ1) is 9.61. The maximum Gasteiger partial charge on any atom is 0.274 e. The molecule has 0 bridgehead atoms. The van der Waals surface area contributed by atoms with Crippen LogP contribution in [-0.2, 0) is 13.6 Å². The zero-order chi connectivity index (χ0) is 14.5. The van der Waals surface area contributed by atoms with Gasteiger partial charge in [0, 0.05) is 24.5 Å². The smallest absolute Gasteiger partial charge is 0.274 e. The van der Waals surface area contributed by atoms with Crippen LogP contribution >= 0.6 is 11.3 Å². The van der Waals surface area contributed by atoms with Crippen molar-refractivity contribution in [3.8, 4) is 0 Å². The zero-order valence-corrected chi connectivity index (χ0v) is 12.0. The molecule has 0 aliphatic carbocycles. The van der Waals surface area contributed by atoms with Crippen molar-refractivity contribution in [1.82, 2.24) is 14.7 Å². The molecule has 0 aliphatic rings. The molecule has 0 radical (unpaired) electrons. The molecular formula is C14H15N3O2S. The molecular weight excluding hydrogens is 274 g/mol. The van der Waals surface area contributed by atoms with E-state index >= 15 is 0 Å². The lowest BCUT2D eigenvalue weighted by molar-refractivity contribution is 0.0755. The molecule has 0 unspecified atom stereocenters. The summed E-state index contributed by atoms with van der Waals surface area (Å²) < 4.78 is 1.16. The number of aryl methyl sites for hydroxylation is 1. The predicted molar refractivity (Wildman–Crippen MR) is 78.7 cm³/mol. The first-order valence-corrected chi connectivity index (χ1v) is 6.96. The van der Waals surface area contributed by atoms with E-state index in [1.54, 1.807) is 22.3 Å². The van der Waals surface area contributed by atoms with Gasteiger partial charge in [-0.25, -0.2) is 4.68 Å². The van der Waals surface area contributed by atoms with Crippen molar-refractivity contribution in [1.29, 1.82) is 0 Å². The Bertz CT molecular complexity index is 661. The second-order valence-electron chi connectivity index (χ2n) is 4.23. The summed E-state index contributed by atoms with van der Waals surface area (Å²) in [6, 6.07) is 6.72. The van der Waals surface area contributed by atoms with E-state index in [2.05, 4.69) is 11.7 Å². The van der Waals surface area contributed by atoms with Gasteiger partial charge in [-0.05, 0) is 17.5 Å². The van der Waals surface area contributed by atoms with Crippen molar-refractivity contribution in [3.63, 3.8) is 0 Å². The van der Waals surface area contributed by atoms with E-state index in [1.807, 2.05) is 17.5 Å². The van der Waals surface area contributed by atoms with Gasteiger partial charge in [0.25, 0.3) is 11.5 Å². The highest BCUT2D eigenvalue weighted by molar-refractivity contribution is 7.09. The Morgan fingerprint density at radius 2 is 2.30 bits per heavy atom. The minimum atomic E-state index is -0.241. The van der Waals surface area contributed by atoms with Crippen molar-refractivity contribution < 1.29 is 4.79 Å². The molecule has 6 heteroatoms. The Labute approximate surface area is 120 Å². The van der Waals surface area contributed by atoms with Crippen LogP contribution in [0, 0.1) is 0 Å². The molecule has 0 saturated heterocycles. The summed E-state index contributed by atoms with van der Waals surface area (Å²) in [4.78, 5) is 26.5. The van der Waals surface area contributed by atoms with Gasteiger partial charge in [0.2, 0.25) is 0 Å². The van der Waals surface area contributed by atoms with E-state index in [0.29, 0.717) is 13.1 Å². The fraction of sp³-hybridized carbons (Fsp3) is 0.214. The number of thiophene rings is 1. The predicted octanol–water partition coefficient (Wildman–Crippen LogP) is 1.67. The Morgan fingerprint density at radius 3 is 2.90 bits per heavy atom. The standard InChI is InChI=1S/C14H15N3O2S/c1-3-8-17(10-11-5-4-9-20-11)14(19)12-6-7-13(18)16(2)15-12/h3-7,9H,1,8,10H2,2H3. The van der Waals surface area contributed by atoms with E-state index in [1.165, 1.54) is 19.2 Å². The second kappa shape index (κ2) is 6.29. The molecule has 0 atom stereocenters. The summed E-state index contributed by atoms with van der Waals surface area (Å²) in [5.74, 6) is -0.214. The monoisotopic (exact) mass is 289 g/mol. The number of hydrogen-bond donors (Lipinski definition) is 0. The van der Waals surface area contributed by atoms with Crippen LogP contribution in [-0.4, -0.2) is 27.1 Å². The van der Waals surface area contributed by atoms with Crippen molar-refractivity contribution >= 4 is 17.2 Å². The largest absolute Gasteiger partial charge is 0.328 e. The summed E-state index contributed by atoms with van der Waals surface area (Å²) in [5.41, 5.74) is 0.0144. The summed E-state index contributed by atoms with van der Waals surface area (Å²) in [6.45, 7) is 4.61. The molecule has 2 rings (SSSR count). The molecule has 104 valence electrons. The Morgan fingerprint density at radius 1 is 1.50 bits per heavy atom. The van der Waals surface area contributed by atoms with Gasteiger partial charge in [-0.2, -0.15) is 5.10 Å². The number of nitrogens with zero attached hydrogens (tertiary/aromatic N) is 3. The van der Waals surface area contributed by atoms with E-state index < -0.39 is 0 Å². The summed E-state index contributed by atoms with van der Waals surface area (Å²) in [6.07, 6.45) is 1.67. The lowest BCUT2D eigenvalue weighted by atomic mass is 10.3. The first-order valence-electron chi connectivity index (χ1n) is 6.08. The third kappa shape index (κ3) is 3.21. The lowest BCUT2D eigenvalue weighted by Crippen LogP contribution is -2.33. The highest BCUT2D eigenvalue weighted by Crippen LogP contribution is 2.13. The van der Waals surface area contributed by atoms with Gasteiger partial charge < -0.3 is 4.90 Å². The highest BCUT2D eigenvalue weighted by atomic mass is 32.1. The number of amides is 1. The zero-order valence-electron chi connectivity index (χ0n) is 11.2. The van der Waals surface area contributed by atoms with Crippen LogP contribution in [0.15, 0.2) is 47.1 Å². The van der Waals surface area contributed by atoms with E-state index in [9.17, 15) is 9.59 Å². The normalized spacial score (nSPS) is 10.2. The van der Waals surface area contributed by atoms with Crippen LogP contribution in [0.4, 0.5) is 0 Å². The molecule has 0 aliphatic heterocycles. The number of carbonyl (C=O) groups is 1. The highest BCUT2D eigenvalue weighted by Gasteiger charge is 2.17. The van der Waals surface area contributed by atoms with Gasteiger partial charge in [0.1, 0.15) is 5.69 Å². The topological polar surface area (TPSA) is 55.2 Å². The van der Waals surface area contributed by atoms with Gasteiger partial charge in [-0.3, -0.25) is 9.59 Å².